The molecule has 0 aromatic carbocycles. The van der Waals surface area contributed by atoms with Crippen molar-refractivity contribution < 1.29 is 5.11 Å². The van der Waals surface area contributed by atoms with Crippen LogP contribution in [0.5, 0.6) is 0 Å². The fourth-order valence-electron chi connectivity index (χ4n) is 2.12. The summed E-state index contributed by atoms with van der Waals surface area (Å²) in [6, 6.07) is 1.87. The molecule has 1 aromatic rings. The summed E-state index contributed by atoms with van der Waals surface area (Å²) in [4.78, 5) is 0.969. The number of aliphatic hydroxyl groups excluding tert-OH is 1. The fraction of sp³-hybridized carbons (Fsp3) is 0.538. The lowest BCUT2D eigenvalue weighted by Crippen LogP contribution is -2.01. The average Bonchev–Trinajstić information content (AvgIpc) is 2.63. The first kappa shape index (κ1) is 12.2. The van der Waals surface area contributed by atoms with Crippen LogP contribution in [0.1, 0.15) is 49.5 Å². The van der Waals surface area contributed by atoms with Crippen LogP contribution in [0, 0.1) is 0 Å². The highest BCUT2D eigenvalue weighted by Gasteiger charge is 2.15. The van der Waals surface area contributed by atoms with Crippen LogP contribution < -0.4 is 0 Å². The van der Waals surface area contributed by atoms with Crippen LogP contribution in [0.25, 0.3) is 0 Å². The van der Waals surface area contributed by atoms with Gasteiger partial charge in [-0.1, -0.05) is 30.5 Å². The lowest BCUT2D eigenvalue weighted by atomic mass is 9.96. The van der Waals surface area contributed by atoms with Gasteiger partial charge >= 0.3 is 0 Å². The zero-order valence-electron chi connectivity index (χ0n) is 9.29. The number of allylic oxidation sites excluding steroid dienone is 1. The standard InChI is InChI=1S/C13H17ClOS/c14-11-8-12(16-9-11)13(15)10-6-4-2-1-3-5-7-10/h6,8-9,13,15H,1-5,7H2. The van der Waals surface area contributed by atoms with Gasteiger partial charge in [0.25, 0.3) is 0 Å². The molecule has 1 aliphatic carbocycles. The predicted octanol–water partition coefficient (Wildman–Crippen LogP) is 4.72. The monoisotopic (exact) mass is 256 g/mol. The van der Waals surface area contributed by atoms with Crippen LogP contribution in [-0.2, 0) is 0 Å². The summed E-state index contributed by atoms with van der Waals surface area (Å²) < 4.78 is 0. The van der Waals surface area contributed by atoms with Crippen LogP contribution in [0.2, 0.25) is 5.02 Å². The van der Waals surface area contributed by atoms with Crippen molar-refractivity contribution in [2.45, 2.75) is 44.6 Å². The molecule has 0 radical (unpaired) electrons. The van der Waals surface area contributed by atoms with Crippen molar-refractivity contribution in [2.24, 2.45) is 0 Å². The van der Waals surface area contributed by atoms with Gasteiger partial charge in [-0.3, -0.25) is 0 Å². The topological polar surface area (TPSA) is 20.2 Å². The number of aliphatic hydroxyl groups is 1. The van der Waals surface area contributed by atoms with E-state index in [2.05, 4.69) is 6.08 Å². The summed E-state index contributed by atoms with van der Waals surface area (Å²) >= 11 is 7.42. The maximum Gasteiger partial charge on any atom is 0.109 e. The molecule has 0 fully saturated rings. The molecule has 88 valence electrons. The summed E-state index contributed by atoms with van der Waals surface area (Å²) in [6.07, 6.45) is 8.97. The van der Waals surface area contributed by atoms with E-state index in [1.165, 1.54) is 31.3 Å². The molecule has 0 amide bonds. The van der Waals surface area contributed by atoms with Crippen molar-refractivity contribution in [1.82, 2.24) is 0 Å². The van der Waals surface area contributed by atoms with E-state index in [0.717, 1.165) is 22.7 Å². The maximum absolute atomic E-state index is 10.3. The number of rotatable bonds is 2. The first-order chi connectivity index (χ1) is 7.77. The summed E-state index contributed by atoms with van der Waals surface area (Å²) in [5, 5.41) is 12.9. The minimum absolute atomic E-state index is 0.435. The second-order valence-corrected chi connectivity index (χ2v) is 5.68. The molecule has 0 aliphatic heterocycles. The average molecular weight is 257 g/mol. The van der Waals surface area contributed by atoms with Crippen LogP contribution >= 0.6 is 22.9 Å². The van der Waals surface area contributed by atoms with Crippen LogP contribution in [0.15, 0.2) is 23.1 Å². The number of thiophene rings is 1. The van der Waals surface area contributed by atoms with Gasteiger partial charge in [-0.2, -0.15) is 0 Å². The Balaban J connectivity index is 2.09. The highest BCUT2D eigenvalue weighted by atomic mass is 35.5. The number of hydrogen-bond donors (Lipinski definition) is 1. The lowest BCUT2D eigenvalue weighted by molar-refractivity contribution is 0.213. The smallest absolute Gasteiger partial charge is 0.109 e. The van der Waals surface area contributed by atoms with E-state index in [-0.39, 0.29) is 0 Å². The molecule has 1 aliphatic rings. The molecule has 16 heavy (non-hydrogen) atoms. The van der Waals surface area contributed by atoms with Crippen molar-refractivity contribution in [3.05, 3.63) is 33.0 Å². The van der Waals surface area contributed by atoms with Crippen molar-refractivity contribution in [2.75, 3.05) is 0 Å². The Labute approximate surface area is 106 Å². The quantitative estimate of drug-likeness (QED) is 0.760. The summed E-state index contributed by atoms with van der Waals surface area (Å²) in [7, 11) is 0. The van der Waals surface area contributed by atoms with Gasteiger partial charge in [0, 0.05) is 10.3 Å². The molecule has 1 N–H and O–H groups in total. The van der Waals surface area contributed by atoms with Gasteiger partial charge in [-0.15, -0.1) is 11.3 Å². The highest BCUT2D eigenvalue weighted by Crippen LogP contribution is 2.33. The van der Waals surface area contributed by atoms with Gasteiger partial charge < -0.3 is 5.11 Å². The summed E-state index contributed by atoms with van der Waals surface area (Å²) in [5.74, 6) is 0. The molecule has 1 atom stereocenters. The molecule has 1 heterocycles. The van der Waals surface area contributed by atoms with Crippen molar-refractivity contribution in [3.63, 3.8) is 0 Å². The minimum atomic E-state index is -0.435. The van der Waals surface area contributed by atoms with Crippen LogP contribution in [-0.4, -0.2) is 5.11 Å². The van der Waals surface area contributed by atoms with Crippen molar-refractivity contribution >= 4 is 22.9 Å². The molecule has 1 aromatic heterocycles. The van der Waals surface area contributed by atoms with Crippen molar-refractivity contribution in [1.29, 1.82) is 0 Å². The fourth-order valence-corrected chi connectivity index (χ4v) is 3.23. The molecule has 0 saturated heterocycles. The zero-order valence-corrected chi connectivity index (χ0v) is 10.9. The Kier molecular flexibility index (Phi) is 4.45. The zero-order chi connectivity index (χ0) is 11.4. The van der Waals surface area contributed by atoms with Crippen LogP contribution in [0.4, 0.5) is 0 Å². The first-order valence-electron chi connectivity index (χ1n) is 5.88. The third-order valence-corrected chi connectivity index (χ3v) is 4.37. The third kappa shape index (κ3) is 3.09. The molecule has 2 rings (SSSR count). The molecular formula is C13H17ClOS. The lowest BCUT2D eigenvalue weighted by Gasteiger charge is -2.16. The minimum Gasteiger partial charge on any atom is -0.383 e. The van der Waals surface area contributed by atoms with E-state index in [4.69, 9.17) is 11.6 Å². The van der Waals surface area contributed by atoms with Gasteiger partial charge in [-0.05, 0) is 37.3 Å². The largest absolute Gasteiger partial charge is 0.383 e. The van der Waals surface area contributed by atoms with Gasteiger partial charge in [0.15, 0.2) is 0 Å². The summed E-state index contributed by atoms with van der Waals surface area (Å²) in [5.41, 5.74) is 1.18. The second-order valence-electron chi connectivity index (χ2n) is 4.30. The first-order valence-corrected chi connectivity index (χ1v) is 7.14. The van der Waals surface area contributed by atoms with Gasteiger partial charge in [0.2, 0.25) is 0 Å². The van der Waals surface area contributed by atoms with Gasteiger partial charge in [-0.25, -0.2) is 0 Å². The van der Waals surface area contributed by atoms with E-state index in [1.54, 1.807) is 11.3 Å². The number of halogens is 1. The maximum atomic E-state index is 10.3. The number of hydrogen-bond acceptors (Lipinski definition) is 2. The molecular weight excluding hydrogens is 240 g/mol. The molecule has 0 spiro atoms. The van der Waals surface area contributed by atoms with Crippen molar-refractivity contribution in [3.8, 4) is 0 Å². The normalized spacial score (nSPS) is 19.8. The predicted molar refractivity (Wildman–Crippen MR) is 70.1 cm³/mol. The van der Waals surface area contributed by atoms with Gasteiger partial charge in [0.1, 0.15) is 6.10 Å². The molecule has 0 saturated carbocycles. The van der Waals surface area contributed by atoms with E-state index in [1.807, 2.05) is 11.4 Å². The van der Waals surface area contributed by atoms with E-state index in [9.17, 15) is 5.11 Å². The van der Waals surface area contributed by atoms with E-state index < -0.39 is 6.10 Å². The third-order valence-electron chi connectivity index (χ3n) is 3.03. The Morgan fingerprint density at radius 2 is 2.06 bits per heavy atom. The Hall–Kier alpha value is -0.310. The summed E-state index contributed by atoms with van der Waals surface area (Å²) in [6.45, 7) is 0. The highest BCUT2D eigenvalue weighted by molar-refractivity contribution is 7.10. The van der Waals surface area contributed by atoms with Crippen LogP contribution in [0.3, 0.4) is 0 Å². The second kappa shape index (κ2) is 5.85. The molecule has 3 heteroatoms. The molecule has 1 nitrogen and oxygen atoms in total. The Morgan fingerprint density at radius 1 is 1.25 bits per heavy atom. The molecule has 0 bridgehead atoms. The Bertz CT molecular complexity index is 370. The van der Waals surface area contributed by atoms with E-state index in [0.29, 0.717) is 0 Å². The Morgan fingerprint density at radius 3 is 2.81 bits per heavy atom. The SMILES string of the molecule is OC(C1=CCCCCCC1)c1cc(Cl)cs1. The van der Waals surface area contributed by atoms with Gasteiger partial charge in [0.05, 0.1) is 5.02 Å². The molecule has 1 unspecified atom stereocenters. The van der Waals surface area contributed by atoms with E-state index >= 15 is 0 Å².